The highest BCUT2D eigenvalue weighted by molar-refractivity contribution is 5.96. The lowest BCUT2D eigenvalue weighted by Gasteiger charge is -2.30. The molecule has 6 heteroatoms. The van der Waals surface area contributed by atoms with Crippen LogP contribution in [-0.2, 0) is 0 Å². The standard InChI is InChI=1S/C16H27N5O/c1-20(2)6-3-9-22-15-11-13(16(17)18)10-14(12-15)21-7-4-19-5-8-21/h10-12,19H,3-9H2,1-2H3,(H3,17,18). The number of anilines is 1. The quantitative estimate of drug-likeness (QED) is 0.393. The second kappa shape index (κ2) is 8.00. The van der Waals surface area contributed by atoms with Gasteiger partial charge in [0, 0.05) is 50.0 Å². The summed E-state index contributed by atoms with van der Waals surface area (Å²) in [5.74, 6) is 0.870. The first-order valence-corrected chi connectivity index (χ1v) is 7.79. The number of hydrogen-bond acceptors (Lipinski definition) is 5. The van der Waals surface area contributed by atoms with Crippen LogP contribution in [-0.4, -0.2) is 64.2 Å². The van der Waals surface area contributed by atoms with Crippen molar-refractivity contribution in [1.29, 1.82) is 5.41 Å². The lowest BCUT2D eigenvalue weighted by atomic mass is 10.1. The molecule has 0 radical (unpaired) electrons. The van der Waals surface area contributed by atoms with Crippen molar-refractivity contribution in [3.63, 3.8) is 0 Å². The van der Waals surface area contributed by atoms with Crippen LogP contribution in [0.25, 0.3) is 0 Å². The summed E-state index contributed by atoms with van der Waals surface area (Å²) in [6, 6.07) is 5.87. The zero-order valence-corrected chi connectivity index (χ0v) is 13.6. The molecule has 0 aromatic heterocycles. The molecule has 1 heterocycles. The minimum absolute atomic E-state index is 0.0788. The zero-order chi connectivity index (χ0) is 15.9. The number of piperazine rings is 1. The molecule has 0 bridgehead atoms. The highest BCUT2D eigenvalue weighted by Crippen LogP contribution is 2.24. The minimum atomic E-state index is 0.0788. The van der Waals surface area contributed by atoms with Gasteiger partial charge in [0.15, 0.2) is 0 Å². The van der Waals surface area contributed by atoms with Crippen LogP contribution < -0.4 is 20.7 Å². The van der Waals surface area contributed by atoms with Crippen molar-refractivity contribution in [3.8, 4) is 5.75 Å². The molecule has 1 aromatic rings. The van der Waals surface area contributed by atoms with E-state index in [0.29, 0.717) is 6.61 Å². The van der Waals surface area contributed by atoms with E-state index >= 15 is 0 Å². The smallest absolute Gasteiger partial charge is 0.122 e. The predicted octanol–water partition coefficient (Wildman–Crippen LogP) is 0.711. The first-order valence-electron chi connectivity index (χ1n) is 7.79. The van der Waals surface area contributed by atoms with Crippen molar-refractivity contribution < 1.29 is 4.74 Å². The number of nitrogens with two attached hydrogens (primary N) is 1. The van der Waals surface area contributed by atoms with Crippen molar-refractivity contribution in [3.05, 3.63) is 23.8 Å². The van der Waals surface area contributed by atoms with Gasteiger partial charge in [-0.1, -0.05) is 0 Å². The molecule has 1 aromatic carbocycles. The van der Waals surface area contributed by atoms with Crippen molar-refractivity contribution in [1.82, 2.24) is 10.2 Å². The molecule has 1 fully saturated rings. The molecule has 22 heavy (non-hydrogen) atoms. The lowest BCUT2D eigenvalue weighted by molar-refractivity contribution is 0.281. The van der Waals surface area contributed by atoms with Crippen molar-refractivity contribution in [2.45, 2.75) is 6.42 Å². The van der Waals surface area contributed by atoms with Gasteiger partial charge < -0.3 is 25.6 Å². The molecule has 1 aliphatic rings. The highest BCUT2D eigenvalue weighted by Gasteiger charge is 2.13. The normalized spacial score (nSPS) is 15.1. The van der Waals surface area contributed by atoms with E-state index in [1.807, 2.05) is 18.2 Å². The van der Waals surface area contributed by atoms with Gasteiger partial charge in [0.25, 0.3) is 0 Å². The third kappa shape index (κ3) is 4.89. The molecular formula is C16H27N5O. The van der Waals surface area contributed by atoms with Crippen LogP contribution in [0.1, 0.15) is 12.0 Å². The van der Waals surface area contributed by atoms with Crippen LogP contribution in [0.5, 0.6) is 5.75 Å². The Balaban J connectivity index is 2.07. The maximum atomic E-state index is 7.70. The summed E-state index contributed by atoms with van der Waals surface area (Å²) in [6.45, 7) is 5.53. The van der Waals surface area contributed by atoms with Crippen molar-refractivity contribution in [2.24, 2.45) is 5.73 Å². The Bertz CT molecular complexity index is 497. The zero-order valence-electron chi connectivity index (χ0n) is 13.6. The van der Waals surface area contributed by atoms with E-state index in [9.17, 15) is 0 Å². The molecule has 1 aliphatic heterocycles. The molecule has 0 aliphatic carbocycles. The Kier molecular flexibility index (Phi) is 6.03. The molecule has 122 valence electrons. The molecule has 0 atom stereocenters. The number of hydrogen-bond donors (Lipinski definition) is 3. The second-order valence-electron chi connectivity index (χ2n) is 5.87. The maximum Gasteiger partial charge on any atom is 0.122 e. The van der Waals surface area contributed by atoms with Gasteiger partial charge in [-0.25, -0.2) is 0 Å². The van der Waals surface area contributed by atoms with E-state index < -0.39 is 0 Å². The van der Waals surface area contributed by atoms with Crippen LogP contribution in [0.3, 0.4) is 0 Å². The predicted molar refractivity (Wildman–Crippen MR) is 91.2 cm³/mol. The topological polar surface area (TPSA) is 77.6 Å². The number of nitrogens with one attached hydrogen (secondary N) is 2. The van der Waals surface area contributed by atoms with E-state index in [-0.39, 0.29) is 5.84 Å². The summed E-state index contributed by atoms with van der Waals surface area (Å²) >= 11 is 0. The van der Waals surface area contributed by atoms with Crippen LogP contribution in [0.15, 0.2) is 18.2 Å². The third-order valence-electron chi connectivity index (χ3n) is 3.70. The fourth-order valence-corrected chi connectivity index (χ4v) is 2.50. The molecule has 0 unspecified atom stereocenters. The van der Waals surface area contributed by atoms with Crippen molar-refractivity contribution >= 4 is 11.5 Å². The second-order valence-corrected chi connectivity index (χ2v) is 5.87. The Morgan fingerprint density at radius 2 is 2.05 bits per heavy atom. The summed E-state index contributed by atoms with van der Waals surface area (Å²) < 4.78 is 5.86. The highest BCUT2D eigenvalue weighted by atomic mass is 16.5. The van der Waals surface area contributed by atoms with Gasteiger partial charge in [-0.3, -0.25) is 5.41 Å². The largest absolute Gasteiger partial charge is 0.493 e. The summed E-state index contributed by atoms with van der Waals surface area (Å²) in [6.07, 6.45) is 0.972. The number of rotatable bonds is 7. The number of ether oxygens (including phenoxy) is 1. The van der Waals surface area contributed by atoms with E-state index in [0.717, 1.165) is 56.1 Å². The lowest BCUT2D eigenvalue weighted by Crippen LogP contribution is -2.43. The molecule has 0 amide bonds. The Labute approximate surface area is 132 Å². The monoisotopic (exact) mass is 305 g/mol. The van der Waals surface area contributed by atoms with Crippen LogP contribution in [0.2, 0.25) is 0 Å². The molecule has 2 rings (SSSR count). The number of benzene rings is 1. The van der Waals surface area contributed by atoms with Gasteiger partial charge in [0.05, 0.1) is 6.61 Å². The van der Waals surface area contributed by atoms with Gasteiger partial charge in [-0.2, -0.15) is 0 Å². The summed E-state index contributed by atoms with van der Waals surface area (Å²) in [4.78, 5) is 4.44. The fourth-order valence-electron chi connectivity index (χ4n) is 2.50. The number of nitrogens with zero attached hydrogens (tertiary/aromatic N) is 2. The summed E-state index contributed by atoms with van der Waals surface area (Å²) in [7, 11) is 4.11. The maximum absolute atomic E-state index is 7.70. The summed E-state index contributed by atoms with van der Waals surface area (Å²) in [5.41, 5.74) is 7.47. The SMILES string of the molecule is CN(C)CCCOc1cc(C(=N)N)cc(N2CCNCC2)c1. The minimum Gasteiger partial charge on any atom is -0.493 e. The molecule has 4 N–H and O–H groups in total. The fraction of sp³-hybridized carbons (Fsp3) is 0.562. The van der Waals surface area contributed by atoms with E-state index in [1.165, 1.54) is 0 Å². The molecular weight excluding hydrogens is 278 g/mol. The van der Waals surface area contributed by atoms with Gasteiger partial charge >= 0.3 is 0 Å². The van der Waals surface area contributed by atoms with Gasteiger partial charge in [0.1, 0.15) is 11.6 Å². The van der Waals surface area contributed by atoms with E-state index in [2.05, 4.69) is 29.2 Å². The number of amidine groups is 1. The Hall–Kier alpha value is -1.79. The molecule has 1 saturated heterocycles. The molecule has 0 spiro atoms. The van der Waals surface area contributed by atoms with Crippen LogP contribution in [0.4, 0.5) is 5.69 Å². The summed E-state index contributed by atoms with van der Waals surface area (Å²) in [5, 5.41) is 11.0. The van der Waals surface area contributed by atoms with E-state index in [1.54, 1.807) is 0 Å². The average molecular weight is 305 g/mol. The average Bonchev–Trinajstić information content (AvgIpc) is 2.52. The molecule has 0 saturated carbocycles. The van der Waals surface area contributed by atoms with Gasteiger partial charge in [-0.15, -0.1) is 0 Å². The Morgan fingerprint density at radius 3 is 2.68 bits per heavy atom. The molecule has 6 nitrogen and oxygen atoms in total. The first-order chi connectivity index (χ1) is 10.6. The van der Waals surface area contributed by atoms with Crippen LogP contribution >= 0.6 is 0 Å². The third-order valence-corrected chi connectivity index (χ3v) is 3.70. The van der Waals surface area contributed by atoms with Gasteiger partial charge in [0.2, 0.25) is 0 Å². The van der Waals surface area contributed by atoms with E-state index in [4.69, 9.17) is 15.9 Å². The van der Waals surface area contributed by atoms with Gasteiger partial charge in [-0.05, 0) is 32.6 Å². The Morgan fingerprint density at radius 1 is 1.32 bits per heavy atom. The van der Waals surface area contributed by atoms with Crippen molar-refractivity contribution in [2.75, 3.05) is 58.3 Å². The first kappa shape index (κ1) is 16.6. The number of nitrogen functional groups attached to an aromatic ring is 1. The van der Waals surface area contributed by atoms with Crippen LogP contribution in [0, 0.1) is 5.41 Å².